The van der Waals surface area contributed by atoms with Gasteiger partial charge in [0.2, 0.25) is 17.6 Å². The lowest BCUT2D eigenvalue weighted by Crippen LogP contribution is -2.53. The zero-order valence-corrected chi connectivity index (χ0v) is 22.9. The highest BCUT2D eigenvalue weighted by Crippen LogP contribution is 2.38. The van der Waals surface area contributed by atoms with Crippen molar-refractivity contribution in [2.24, 2.45) is 0 Å². The lowest BCUT2D eigenvalue weighted by atomic mass is 10.0. The number of carbonyl (C=O) groups excluding carboxylic acids is 4. The van der Waals surface area contributed by atoms with E-state index in [1.54, 1.807) is 48.5 Å². The highest BCUT2D eigenvalue weighted by Gasteiger charge is 2.41. The van der Waals surface area contributed by atoms with Crippen LogP contribution in [0.4, 0.5) is 19.0 Å². The standard InChI is InChI=1S/C30H29F3N4O5/c1-36(25-13-6-7-16-34-25)29(41)27(39)22(17-19-9-4-3-5-10-19)35-28(40)23-14-15-26(38)37(23)18-20-21(30(31,32)33)11-8-12-24(20)42-2/h3-13,16,22-23H,14-15,17-18H2,1-2H3,(H,35,40). The summed E-state index contributed by atoms with van der Waals surface area (Å²) in [5.41, 5.74) is -0.613. The molecule has 2 aromatic carbocycles. The van der Waals surface area contributed by atoms with Gasteiger partial charge < -0.3 is 15.0 Å². The third kappa shape index (κ3) is 6.76. The van der Waals surface area contributed by atoms with Gasteiger partial charge in [-0.05, 0) is 36.2 Å². The van der Waals surface area contributed by atoms with E-state index < -0.39 is 53.9 Å². The quantitative estimate of drug-likeness (QED) is 0.367. The van der Waals surface area contributed by atoms with Crippen LogP contribution >= 0.6 is 0 Å². The number of benzene rings is 2. The van der Waals surface area contributed by atoms with Crippen LogP contribution < -0.4 is 15.0 Å². The van der Waals surface area contributed by atoms with Crippen molar-refractivity contribution in [2.45, 2.75) is 44.1 Å². The number of rotatable bonds is 10. The summed E-state index contributed by atoms with van der Waals surface area (Å²) < 4.78 is 46.6. The minimum absolute atomic E-state index is 0.0230. The molecular formula is C30H29F3N4O5. The van der Waals surface area contributed by atoms with Gasteiger partial charge in [-0.2, -0.15) is 13.2 Å². The van der Waals surface area contributed by atoms with Gasteiger partial charge in [0.1, 0.15) is 23.7 Å². The predicted molar refractivity (Wildman–Crippen MR) is 146 cm³/mol. The molecule has 0 bridgehead atoms. The van der Waals surface area contributed by atoms with E-state index in [-0.39, 0.29) is 36.4 Å². The molecule has 1 fully saturated rings. The fourth-order valence-corrected chi connectivity index (χ4v) is 4.86. The molecule has 0 saturated carbocycles. The van der Waals surface area contributed by atoms with E-state index >= 15 is 0 Å². The minimum Gasteiger partial charge on any atom is -0.496 e. The van der Waals surface area contributed by atoms with Crippen LogP contribution in [0.25, 0.3) is 0 Å². The fraction of sp³-hybridized carbons (Fsp3) is 0.300. The number of likely N-dealkylation sites (tertiary alicyclic amines) is 1. The van der Waals surface area contributed by atoms with Crippen LogP contribution in [-0.4, -0.2) is 59.6 Å². The molecule has 0 radical (unpaired) electrons. The molecule has 220 valence electrons. The summed E-state index contributed by atoms with van der Waals surface area (Å²) in [7, 11) is 2.60. The molecule has 2 atom stereocenters. The molecule has 1 N–H and O–H groups in total. The molecule has 4 rings (SSSR count). The van der Waals surface area contributed by atoms with Crippen LogP contribution in [0.3, 0.4) is 0 Å². The van der Waals surface area contributed by atoms with Crippen molar-refractivity contribution in [3.05, 3.63) is 89.6 Å². The van der Waals surface area contributed by atoms with Gasteiger partial charge in [0.15, 0.2) is 0 Å². The summed E-state index contributed by atoms with van der Waals surface area (Å²) in [5, 5.41) is 2.60. The first-order valence-corrected chi connectivity index (χ1v) is 13.1. The Morgan fingerprint density at radius 2 is 1.79 bits per heavy atom. The molecule has 9 nitrogen and oxygen atoms in total. The van der Waals surface area contributed by atoms with Gasteiger partial charge in [0.25, 0.3) is 5.91 Å². The molecule has 2 unspecified atom stereocenters. The fourth-order valence-electron chi connectivity index (χ4n) is 4.86. The second-order valence-corrected chi connectivity index (χ2v) is 9.73. The normalized spacial score (nSPS) is 15.7. The highest BCUT2D eigenvalue weighted by molar-refractivity contribution is 6.43. The van der Waals surface area contributed by atoms with Crippen molar-refractivity contribution in [1.82, 2.24) is 15.2 Å². The van der Waals surface area contributed by atoms with E-state index in [1.807, 2.05) is 0 Å². The third-order valence-electron chi connectivity index (χ3n) is 7.04. The lowest BCUT2D eigenvalue weighted by molar-refractivity contribution is -0.141. The van der Waals surface area contributed by atoms with Crippen molar-refractivity contribution in [2.75, 3.05) is 19.1 Å². The number of pyridine rings is 1. The SMILES string of the molecule is COc1cccc(C(F)(F)F)c1CN1C(=O)CCC1C(=O)NC(Cc1ccccc1)C(=O)C(=O)N(C)c1ccccn1. The number of likely N-dealkylation sites (N-methyl/N-ethyl adjacent to an activating group) is 1. The van der Waals surface area contributed by atoms with E-state index in [1.165, 1.54) is 32.5 Å². The number of hydrogen-bond acceptors (Lipinski definition) is 6. The molecule has 0 aliphatic carbocycles. The summed E-state index contributed by atoms with van der Waals surface area (Å²) in [6.45, 7) is -0.533. The molecule has 42 heavy (non-hydrogen) atoms. The van der Waals surface area contributed by atoms with Crippen LogP contribution in [0.2, 0.25) is 0 Å². The second-order valence-electron chi connectivity index (χ2n) is 9.73. The number of halogens is 3. The maximum Gasteiger partial charge on any atom is 0.416 e. The van der Waals surface area contributed by atoms with Crippen molar-refractivity contribution in [3.8, 4) is 5.75 Å². The maximum atomic E-state index is 13.8. The Balaban J connectivity index is 1.60. The number of ketones is 1. The summed E-state index contributed by atoms with van der Waals surface area (Å²) in [5.74, 6) is -2.97. The van der Waals surface area contributed by atoms with Gasteiger partial charge in [0.05, 0.1) is 19.2 Å². The summed E-state index contributed by atoms with van der Waals surface area (Å²) in [4.78, 5) is 59.1. The van der Waals surface area contributed by atoms with Crippen LogP contribution in [-0.2, 0) is 38.3 Å². The number of anilines is 1. The minimum atomic E-state index is -4.72. The zero-order valence-electron chi connectivity index (χ0n) is 22.9. The Kier molecular flexibility index (Phi) is 9.24. The van der Waals surface area contributed by atoms with Gasteiger partial charge in [0, 0.05) is 31.6 Å². The van der Waals surface area contributed by atoms with Crippen LogP contribution in [0.15, 0.2) is 72.9 Å². The topological polar surface area (TPSA) is 109 Å². The zero-order chi connectivity index (χ0) is 30.4. The summed E-state index contributed by atoms with van der Waals surface area (Å²) in [6.07, 6.45) is -3.34. The first-order valence-electron chi connectivity index (χ1n) is 13.1. The van der Waals surface area contributed by atoms with Crippen molar-refractivity contribution in [3.63, 3.8) is 0 Å². The molecule has 3 aromatic rings. The van der Waals surface area contributed by atoms with E-state index in [9.17, 15) is 32.3 Å². The number of aromatic nitrogens is 1. The van der Waals surface area contributed by atoms with Crippen molar-refractivity contribution < 1.29 is 37.1 Å². The Bertz CT molecular complexity index is 1450. The number of Topliss-reactive ketones (excluding diaryl/α,β-unsaturated/α-hetero) is 1. The second kappa shape index (κ2) is 12.8. The van der Waals surface area contributed by atoms with Crippen LogP contribution in [0.5, 0.6) is 5.75 Å². The first kappa shape index (κ1) is 30.2. The molecule has 1 aliphatic heterocycles. The highest BCUT2D eigenvalue weighted by atomic mass is 19.4. The number of alkyl halides is 3. The third-order valence-corrected chi connectivity index (χ3v) is 7.04. The van der Waals surface area contributed by atoms with Crippen LogP contribution in [0, 0.1) is 0 Å². The molecule has 12 heteroatoms. The number of amides is 3. The van der Waals surface area contributed by atoms with Gasteiger partial charge in [-0.1, -0.05) is 42.5 Å². The Morgan fingerprint density at radius 3 is 2.43 bits per heavy atom. The molecule has 1 aromatic heterocycles. The van der Waals surface area contributed by atoms with Crippen molar-refractivity contribution in [1.29, 1.82) is 0 Å². The number of hydrogen-bond donors (Lipinski definition) is 1. The van der Waals surface area contributed by atoms with Gasteiger partial charge >= 0.3 is 6.18 Å². The molecule has 3 amide bonds. The Hall–Kier alpha value is -4.74. The average molecular weight is 583 g/mol. The monoisotopic (exact) mass is 582 g/mol. The molecule has 2 heterocycles. The molecule has 1 aliphatic rings. The van der Waals surface area contributed by atoms with Gasteiger partial charge in [-0.25, -0.2) is 4.98 Å². The summed E-state index contributed by atoms with van der Waals surface area (Å²) >= 11 is 0. The lowest BCUT2D eigenvalue weighted by Gasteiger charge is -2.28. The number of nitrogens with zero attached hydrogens (tertiary/aromatic N) is 3. The maximum absolute atomic E-state index is 13.8. The van der Waals surface area contributed by atoms with E-state index in [2.05, 4.69) is 10.3 Å². The van der Waals surface area contributed by atoms with E-state index in [4.69, 9.17) is 4.74 Å². The van der Waals surface area contributed by atoms with E-state index in [0.717, 1.165) is 15.9 Å². The van der Waals surface area contributed by atoms with Crippen LogP contribution in [0.1, 0.15) is 29.5 Å². The van der Waals surface area contributed by atoms with E-state index in [0.29, 0.717) is 5.56 Å². The smallest absolute Gasteiger partial charge is 0.416 e. The number of ether oxygens (including phenoxy) is 1. The van der Waals surface area contributed by atoms with Crippen molar-refractivity contribution >= 4 is 29.3 Å². The predicted octanol–water partition coefficient (Wildman–Crippen LogP) is 3.56. The number of carbonyl (C=O) groups is 4. The Labute approximate surface area is 240 Å². The summed E-state index contributed by atoms with van der Waals surface area (Å²) in [6, 6.07) is 14.5. The molecule has 1 saturated heterocycles. The van der Waals surface area contributed by atoms with Gasteiger partial charge in [-0.15, -0.1) is 0 Å². The Morgan fingerprint density at radius 1 is 1.07 bits per heavy atom. The average Bonchev–Trinajstić information content (AvgIpc) is 3.35. The number of nitrogens with one attached hydrogen (secondary N) is 1. The molecular weight excluding hydrogens is 553 g/mol. The van der Waals surface area contributed by atoms with Gasteiger partial charge in [-0.3, -0.25) is 24.1 Å². The first-order chi connectivity index (χ1) is 20.0. The molecule has 0 spiro atoms. The largest absolute Gasteiger partial charge is 0.496 e. The number of methoxy groups -OCH3 is 1.